The predicted molar refractivity (Wildman–Crippen MR) is 73.1 cm³/mol. The number of rotatable bonds is 7. The smallest absolute Gasteiger partial charge is 0.315 e. The van der Waals surface area contributed by atoms with Gasteiger partial charge in [0.2, 0.25) is 0 Å². The molecule has 0 aromatic rings. The van der Waals surface area contributed by atoms with E-state index in [1.807, 2.05) is 27.7 Å². The molecule has 6 nitrogen and oxygen atoms in total. The highest BCUT2D eigenvalue weighted by molar-refractivity contribution is 5.76. The van der Waals surface area contributed by atoms with Gasteiger partial charge in [-0.1, -0.05) is 20.8 Å². The Hall–Kier alpha value is -1.30. The SMILES string of the molecule is COCCC(C)NC(=O)NC(CC(=O)O)C(C)(C)C. The van der Waals surface area contributed by atoms with Gasteiger partial charge in [-0.2, -0.15) is 0 Å². The highest BCUT2D eigenvalue weighted by Crippen LogP contribution is 2.21. The van der Waals surface area contributed by atoms with Crippen LogP contribution in [-0.2, 0) is 9.53 Å². The summed E-state index contributed by atoms with van der Waals surface area (Å²) in [4.78, 5) is 22.6. The lowest BCUT2D eigenvalue weighted by molar-refractivity contribution is -0.138. The molecule has 2 amide bonds. The molecule has 0 fully saturated rings. The zero-order valence-electron chi connectivity index (χ0n) is 12.4. The zero-order valence-corrected chi connectivity index (χ0v) is 12.4. The van der Waals surface area contributed by atoms with Crippen LogP contribution in [0, 0.1) is 5.41 Å². The van der Waals surface area contributed by atoms with Crippen LogP contribution in [0.3, 0.4) is 0 Å². The first-order valence-electron chi connectivity index (χ1n) is 6.44. The number of hydrogen-bond acceptors (Lipinski definition) is 3. The first-order valence-corrected chi connectivity index (χ1v) is 6.44. The first-order chi connectivity index (χ1) is 8.66. The molecule has 0 aliphatic heterocycles. The second kappa shape index (κ2) is 7.99. The van der Waals surface area contributed by atoms with Crippen molar-refractivity contribution in [2.45, 2.75) is 52.6 Å². The van der Waals surface area contributed by atoms with E-state index in [0.717, 1.165) is 0 Å². The minimum absolute atomic E-state index is 0.0228. The number of amides is 2. The molecule has 3 N–H and O–H groups in total. The molecule has 6 heteroatoms. The van der Waals surface area contributed by atoms with Crippen LogP contribution in [0.1, 0.15) is 40.5 Å². The highest BCUT2D eigenvalue weighted by Gasteiger charge is 2.28. The molecule has 2 atom stereocenters. The monoisotopic (exact) mass is 274 g/mol. The fourth-order valence-corrected chi connectivity index (χ4v) is 1.54. The van der Waals surface area contributed by atoms with E-state index in [4.69, 9.17) is 9.84 Å². The number of hydrogen-bond donors (Lipinski definition) is 3. The van der Waals surface area contributed by atoms with Crippen molar-refractivity contribution < 1.29 is 19.4 Å². The molecule has 0 saturated heterocycles. The molecule has 0 spiro atoms. The molecule has 0 radical (unpaired) electrons. The standard InChI is InChI=1S/C13H26N2O4/c1-9(6-7-19-5)14-12(18)15-10(8-11(16)17)13(2,3)4/h9-10H,6-8H2,1-5H3,(H,16,17)(H2,14,15,18). The maximum absolute atomic E-state index is 11.8. The summed E-state index contributed by atoms with van der Waals surface area (Å²) < 4.78 is 4.93. The van der Waals surface area contributed by atoms with Crippen LogP contribution in [0.2, 0.25) is 0 Å². The van der Waals surface area contributed by atoms with Crippen molar-refractivity contribution >= 4 is 12.0 Å². The number of carbonyl (C=O) groups excluding carboxylic acids is 1. The average Bonchev–Trinajstić information content (AvgIpc) is 2.23. The second-order valence-electron chi connectivity index (χ2n) is 5.82. The van der Waals surface area contributed by atoms with Gasteiger partial charge in [-0.3, -0.25) is 4.79 Å². The number of nitrogens with one attached hydrogen (secondary N) is 2. The average molecular weight is 274 g/mol. The predicted octanol–water partition coefficient (Wildman–Crippen LogP) is 1.60. The number of carboxylic acid groups (broad SMARTS) is 1. The number of methoxy groups -OCH3 is 1. The second-order valence-corrected chi connectivity index (χ2v) is 5.82. The van der Waals surface area contributed by atoms with Gasteiger partial charge in [0.1, 0.15) is 0 Å². The largest absolute Gasteiger partial charge is 0.481 e. The number of urea groups is 1. The van der Waals surface area contributed by atoms with Crippen LogP contribution in [0.25, 0.3) is 0 Å². The Kier molecular flexibility index (Phi) is 7.44. The van der Waals surface area contributed by atoms with E-state index >= 15 is 0 Å². The van der Waals surface area contributed by atoms with Gasteiger partial charge >= 0.3 is 12.0 Å². The molecule has 0 aromatic carbocycles. The van der Waals surface area contributed by atoms with Crippen LogP contribution in [-0.4, -0.2) is 42.9 Å². The number of ether oxygens (including phenoxy) is 1. The molecule has 0 aromatic heterocycles. The van der Waals surface area contributed by atoms with Crippen molar-refractivity contribution in [2.24, 2.45) is 5.41 Å². The highest BCUT2D eigenvalue weighted by atomic mass is 16.5. The minimum atomic E-state index is -0.923. The van der Waals surface area contributed by atoms with E-state index in [1.165, 1.54) is 0 Å². The van der Waals surface area contributed by atoms with Gasteiger partial charge in [0.05, 0.1) is 6.42 Å². The molecule has 112 valence electrons. The minimum Gasteiger partial charge on any atom is -0.481 e. The van der Waals surface area contributed by atoms with Crippen LogP contribution >= 0.6 is 0 Å². The van der Waals surface area contributed by atoms with E-state index in [2.05, 4.69) is 10.6 Å². The summed E-state index contributed by atoms with van der Waals surface area (Å²) >= 11 is 0. The number of carbonyl (C=O) groups is 2. The maximum atomic E-state index is 11.8. The molecular formula is C13H26N2O4. The fourth-order valence-electron chi connectivity index (χ4n) is 1.54. The Balaban J connectivity index is 4.35. The van der Waals surface area contributed by atoms with Crippen molar-refractivity contribution in [2.75, 3.05) is 13.7 Å². The summed E-state index contributed by atoms with van der Waals surface area (Å²) in [6, 6.07) is -0.783. The Labute approximate surface area is 114 Å². The Bertz CT molecular complexity index is 300. The summed E-state index contributed by atoms with van der Waals surface area (Å²) in [5.41, 5.74) is -0.314. The molecule has 2 unspecified atom stereocenters. The van der Waals surface area contributed by atoms with Gasteiger partial charge in [-0.05, 0) is 18.8 Å². The quantitative estimate of drug-likeness (QED) is 0.658. The van der Waals surface area contributed by atoms with Crippen LogP contribution in [0.4, 0.5) is 4.79 Å². The lowest BCUT2D eigenvalue weighted by atomic mass is 9.85. The van der Waals surface area contributed by atoms with Crippen molar-refractivity contribution in [3.63, 3.8) is 0 Å². The third-order valence-corrected chi connectivity index (χ3v) is 2.86. The van der Waals surface area contributed by atoms with E-state index < -0.39 is 12.0 Å². The molecule has 0 aliphatic carbocycles. The van der Waals surface area contributed by atoms with E-state index in [1.54, 1.807) is 7.11 Å². The van der Waals surface area contributed by atoms with Crippen LogP contribution in [0.15, 0.2) is 0 Å². The zero-order chi connectivity index (χ0) is 15.1. The third kappa shape index (κ3) is 8.42. The Morgan fingerprint density at radius 1 is 1.26 bits per heavy atom. The summed E-state index contributed by atoms with van der Waals surface area (Å²) in [6.07, 6.45) is 0.617. The summed E-state index contributed by atoms with van der Waals surface area (Å²) in [7, 11) is 1.61. The topological polar surface area (TPSA) is 87.7 Å². The van der Waals surface area contributed by atoms with Crippen molar-refractivity contribution in [1.29, 1.82) is 0 Å². The number of aliphatic carboxylic acids is 1. The summed E-state index contributed by atoms with van der Waals surface area (Å²) in [5, 5.41) is 14.4. The van der Waals surface area contributed by atoms with Gasteiger partial charge in [0, 0.05) is 25.8 Å². The van der Waals surface area contributed by atoms with Crippen LogP contribution in [0.5, 0.6) is 0 Å². The Morgan fingerprint density at radius 2 is 1.84 bits per heavy atom. The molecule has 0 heterocycles. The number of carboxylic acids is 1. The van der Waals surface area contributed by atoms with Gasteiger partial charge in [0.25, 0.3) is 0 Å². The lowest BCUT2D eigenvalue weighted by Gasteiger charge is -2.30. The summed E-state index contributed by atoms with van der Waals surface area (Å²) in [6.45, 7) is 8.14. The first kappa shape index (κ1) is 17.7. The van der Waals surface area contributed by atoms with E-state index in [9.17, 15) is 9.59 Å². The molecule has 0 rings (SSSR count). The van der Waals surface area contributed by atoms with Crippen molar-refractivity contribution in [3.05, 3.63) is 0 Å². The van der Waals surface area contributed by atoms with Crippen molar-refractivity contribution in [3.8, 4) is 0 Å². The molecular weight excluding hydrogens is 248 g/mol. The molecule has 0 saturated carbocycles. The van der Waals surface area contributed by atoms with Gasteiger partial charge in [-0.25, -0.2) is 4.79 Å². The maximum Gasteiger partial charge on any atom is 0.315 e. The summed E-state index contributed by atoms with van der Waals surface area (Å²) in [5.74, 6) is -0.923. The fraction of sp³-hybridized carbons (Fsp3) is 0.846. The van der Waals surface area contributed by atoms with Crippen molar-refractivity contribution in [1.82, 2.24) is 10.6 Å². The van der Waals surface area contributed by atoms with E-state index in [-0.39, 0.29) is 23.9 Å². The normalized spacial score (nSPS) is 14.6. The lowest BCUT2D eigenvalue weighted by Crippen LogP contribution is -2.50. The van der Waals surface area contributed by atoms with E-state index in [0.29, 0.717) is 13.0 Å². The molecule has 0 bridgehead atoms. The van der Waals surface area contributed by atoms with Gasteiger partial charge < -0.3 is 20.5 Å². The Morgan fingerprint density at radius 3 is 2.26 bits per heavy atom. The molecule has 0 aliphatic rings. The van der Waals surface area contributed by atoms with Gasteiger partial charge in [-0.15, -0.1) is 0 Å². The van der Waals surface area contributed by atoms with Crippen LogP contribution < -0.4 is 10.6 Å². The molecule has 19 heavy (non-hydrogen) atoms. The third-order valence-electron chi connectivity index (χ3n) is 2.86. The van der Waals surface area contributed by atoms with Gasteiger partial charge in [0.15, 0.2) is 0 Å².